The summed E-state index contributed by atoms with van der Waals surface area (Å²) in [6.45, 7) is 9.49. The van der Waals surface area contributed by atoms with Crippen molar-refractivity contribution in [2.45, 2.75) is 52.0 Å². The number of fused-ring (bicyclic) bond motifs is 1. The van der Waals surface area contributed by atoms with E-state index in [1.54, 1.807) is 0 Å². The number of imidazole rings is 1. The van der Waals surface area contributed by atoms with Crippen molar-refractivity contribution in [3.8, 4) is 0 Å². The lowest BCUT2D eigenvalue weighted by atomic mass is 9.95. The summed E-state index contributed by atoms with van der Waals surface area (Å²) >= 11 is 0. The van der Waals surface area contributed by atoms with Gasteiger partial charge in [-0.2, -0.15) is 0 Å². The second-order valence-corrected chi connectivity index (χ2v) is 6.09. The Bertz CT molecular complexity index is 410. The molecule has 0 aliphatic carbocycles. The van der Waals surface area contributed by atoms with E-state index < -0.39 is 0 Å². The summed E-state index contributed by atoms with van der Waals surface area (Å²) in [6, 6.07) is 0. The number of likely N-dealkylation sites (N-methyl/N-ethyl adjacent to an activating group) is 1. The number of aryl methyl sites for hydroxylation is 1. The molecule has 0 bridgehead atoms. The van der Waals surface area contributed by atoms with Gasteiger partial charge in [0.15, 0.2) is 0 Å². The largest absolute Gasteiger partial charge is 0.332 e. The number of likely N-dealkylation sites (tertiary alicyclic amines) is 1. The third kappa shape index (κ3) is 2.20. The highest BCUT2D eigenvalue weighted by molar-refractivity contribution is 5.13. The zero-order valence-corrected chi connectivity index (χ0v) is 11.7. The van der Waals surface area contributed by atoms with Gasteiger partial charge in [-0.3, -0.25) is 0 Å². The molecule has 0 radical (unpaired) electrons. The van der Waals surface area contributed by atoms with Gasteiger partial charge in [-0.15, -0.1) is 0 Å². The molecule has 2 atom stereocenters. The number of piperidine rings is 1. The van der Waals surface area contributed by atoms with Crippen LogP contribution in [-0.2, 0) is 13.0 Å². The van der Waals surface area contributed by atoms with E-state index in [-0.39, 0.29) is 0 Å². The van der Waals surface area contributed by atoms with Gasteiger partial charge in [0, 0.05) is 30.9 Å². The average Bonchev–Trinajstić information content (AvgIpc) is 2.81. The van der Waals surface area contributed by atoms with Crippen molar-refractivity contribution in [2.75, 3.05) is 19.6 Å². The monoisotopic (exact) mass is 247 g/mol. The highest BCUT2D eigenvalue weighted by Gasteiger charge is 2.27. The minimum Gasteiger partial charge on any atom is -0.332 e. The highest BCUT2D eigenvalue weighted by Crippen LogP contribution is 2.30. The summed E-state index contributed by atoms with van der Waals surface area (Å²) in [5.74, 6) is 2.85. The molecule has 2 unspecified atom stereocenters. The Hall–Kier alpha value is -0.830. The first-order valence-corrected chi connectivity index (χ1v) is 7.54. The first-order valence-electron chi connectivity index (χ1n) is 7.54. The molecule has 3 nitrogen and oxygen atoms in total. The van der Waals surface area contributed by atoms with Crippen LogP contribution in [0.15, 0.2) is 6.20 Å². The molecule has 3 heteroatoms. The van der Waals surface area contributed by atoms with Crippen LogP contribution in [0.3, 0.4) is 0 Å². The average molecular weight is 247 g/mol. The molecule has 2 aliphatic heterocycles. The van der Waals surface area contributed by atoms with Crippen molar-refractivity contribution < 1.29 is 0 Å². The van der Waals surface area contributed by atoms with Gasteiger partial charge in [-0.25, -0.2) is 4.98 Å². The molecule has 3 rings (SSSR count). The van der Waals surface area contributed by atoms with Crippen molar-refractivity contribution in [2.24, 2.45) is 5.92 Å². The number of rotatable bonds is 2. The van der Waals surface area contributed by atoms with Gasteiger partial charge in [0.1, 0.15) is 5.82 Å². The van der Waals surface area contributed by atoms with E-state index >= 15 is 0 Å². The lowest BCUT2D eigenvalue weighted by Crippen LogP contribution is -2.35. The molecular formula is C15H25N3. The zero-order chi connectivity index (χ0) is 12.5. The summed E-state index contributed by atoms with van der Waals surface area (Å²) in [7, 11) is 0. The Balaban J connectivity index is 1.82. The molecule has 0 spiro atoms. The zero-order valence-electron chi connectivity index (χ0n) is 11.7. The van der Waals surface area contributed by atoms with Crippen LogP contribution in [0.2, 0.25) is 0 Å². The van der Waals surface area contributed by atoms with E-state index in [0.717, 1.165) is 5.92 Å². The van der Waals surface area contributed by atoms with Gasteiger partial charge >= 0.3 is 0 Å². The van der Waals surface area contributed by atoms with Gasteiger partial charge in [-0.05, 0) is 44.7 Å². The van der Waals surface area contributed by atoms with Gasteiger partial charge in [0.05, 0.1) is 0 Å². The Morgan fingerprint density at radius 1 is 1.33 bits per heavy atom. The lowest BCUT2D eigenvalue weighted by molar-refractivity contribution is 0.209. The molecule has 100 valence electrons. The summed E-state index contributed by atoms with van der Waals surface area (Å²) in [4.78, 5) is 7.33. The standard InChI is InChI=1S/C15H25N3/c1-3-17-8-4-5-13(11-17)15-16-9-14-7-6-12(2)10-18(14)15/h9,12-13H,3-8,10-11H2,1-2H3. The molecule has 1 aromatic heterocycles. The number of aromatic nitrogens is 2. The second kappa shape index (κ2) is 5.04. The maximum absolute atomic E-state index is 4.76. The summed E-state index contributed by atoms with van der Waals surface area (Å²) < 4.78 is 2.53. The van der Waals surface area contributed by atoms with Crippen molar-refractivity contribution in [3.63, 3.8) is 0 Å². The normalized spacial score (nSPS) is 29.2. The Morgan fingerprint density at radius 3 is 3.06 bits per heavy atom. The predicted octanol–water partition coefficient (Wildman–Crippen LogP) is 2.66. The smallest absolute Gasteiger partial charge is 0.113 e. The van der Waals surface area contributed by atoms with Crippen LogP contribution in [0.25, 0.3) is 0 Å². The summed E-state index contributed by atoms with van der Waals surface area (Å²) in [5, 5.41) is 0. The molecule has 18 heavy (non-hydrogen) atoms. The summed E-state index contributed by atoms with van der Waals surface area (Å²) in [5.41, 5.74) is 1.47. The molecule has 3 heterocycles. The first-order chi connectivity index (χ1) is 8.78. The molecular weight excluding hydrogens is 222 g/mol. The minimum atomic E-state index is 0.665. The maximum atomic E-state index is 4.76. The van der Waals surface area contributed by atoms with Crippen LogP contribution >= 0.6 is 0 Å². The molecule has 0 saturated carbocycles. The SMILES string of the molecule is CCN1CCCC(c2ncc3n2CC(C)CC3)C1. The van der Waals surface area contributed by atoms with E-state index in [0.29, 0.717) is 5.92 Å². The fraction of sp³-hybridized carbons (Fsp3) is 0.800. The number of nitrogens with zero attached hydrogens (tertiary/aromatic N) is 3. The van der Waals surface area contributed by atoms with Crippen molar-refractivity contribution in [1.29, 1.82) is 0 Å². The van der Waals surface area contributed by atoms with E-state index in [1.165, 1.54) is 63.4 Å². The van der Waals surface area contributed by atoms with Gasteiger partial charge < -0.3 is 9.47 Å². The predicted molar refractivity (Wildman–Crippen MR) is 73.8 cm³/mol. The van der Waals surface area contributed by atoms with Crippen LogP contribution in [-0.4, -0.2) is 34.1 Å². The molecule has 1 fully saturated rings. The van der Waals surface area contributed by atoms with Crippen LogP contribution < -0.4 is 0 Å². The second-order valence-electron chi connectivity index (χ2n) is 6.09. The molecule has 2 aliphatic rings. The maximum Gasteiger partial charge on any atom is 0.113 e. The van der Waals surface area contributed by atoms with E-state index in [2.05, 4.69) is 29.5 Å². The molecule has 0 N–H and O–H groups in total. The van der Waals surface area contributed by atoms with Crippen molar-refractivity contribution >= 4 is 0 Å². The third-order valence-electron chi connectivity index (χ3n) is 4.67. The number of hydrogen-bond donors (Lipinski definition) is 0. The summed E-state index contributed by atoms with van der Waals surface area (Å²) in [6.07, 6.45) is 7.33. The van der Waals surface area contributed by atoms with Gasteiger partial charge in [-0.1, -0.05) is 13.8 Å². The molecule has 0 aromatic carbocycles. The first kappa shape index (κ1) is 12.2. The highest BCUT2D eigenvalue weighted by atomic mass is 15.2. The molecule has 1 aromatic rings. The van der Waals surface area contributed by atoms with Crippen LogP contribution in [0, 0.1) is 5.92 Å². The van der Waals surface area contributed by atoms with Crippen LogP contribution in [0.1, 0.15) is 50.5 Å². The van der Waals surface area contributed by atoms with Gasteiger partial charge in [0.25, 0.3) is 0 Å². The Kier molecular flexibility index (Phi) is 3.42. The Labute approximate surface area is 110 Å². The number of hydrogen-bond acceptors (Lipinski definition) is 2. The fourth-order valence-corrected chi connectivity index (χ4v) is 3.51. The molecule has 0 amide bonds. The van der Waals surface area contributed by atoms with E-state index in [4.69, 9.17) is 4.98 Å². The van der Waals surface area contributed by atoms with Crippen LogP contribution in [0.5, 0.6) is 0 Å². The van der Waals surface area contributed by atoms with Crippen molar-refractivity contribution in [3.05, 3.63) is 17.7 Å². The lowest BCUT2D eigenvalue weighted by Gasteiger charge is -2.33. The fourth-order valence-electron chi connectivity index (χ4n) is 3.51. The van der Waals surface area contributed by atoms with Gasteiger partial charge in [0.2, 0.25) is 0 Å². The van der Waals surface area contributed by atoms with E-state index in [9.17, 15) is 0 Å². The van der Waals surface area contributed by atoms with Crippen LogP contribution in [0.4, 0.5) is 0 Å². The van der Waals surface area contributed by atoms with E-state index in [1.807, 2.05) is 0 Å². The quantitative estimate of drug-likeness (QED) is 0.801. The third-order valence-corrected chi connectivity index (χ3v) is 4.67. The van der Waals surface area contributed by atoms with Crippen molar-refractivity contribution in [1.82, 2.24) is 14.5 Å². The minimum absolute atomic E-state index is 0.665. The topological polar surface area (TPSA) is 21.1 Å². The molecule has 1 saturated heterocycles. The Morgan fingerprint density at radius 2 is 2.22 bits per heavy atom.